The van der Waals surface area contributed by atoms with Crippen molar-refractivity contribution in [2.45, 2.75) is 23.6 Å². The van der Waals surface area contributed by atoms with Crippen LogP contribution in [0.25, 0.3) is 27.9 Å². The smallest absolute Gasteiger partial charge is 0.272 e. The van der Waals surface area contributed by atoms with Crippen LogP contribution in [0.1, 0.15) is 33.7 Å². The Hall–Kier alpha value is -6.45. The second-order valence-electron chi connectivity index (χ2n) is 12.3. The van der Waals surface area contributed by atoms with Crippen LogP contribution in [-0.4, -0.2) is 22.3 Å². The normalized spacial score (nSPS) is 12.0. The quantitative estimate of drug-likeness (QED) is 0.0918. The predicted octanol–water partition coefficient (Wildman–Crippen LogP) is 9.84. The van der Waals surface area contributed by atoms with Crippen molar-refractivity contribution >= 4 is 68.7 Å². The van der Waals surface area contributed by atoms with Gasteiger partial charge in [0.15, 0.2) is 0 Å². The number of halogens is 1. The van der Waals surface area contributed by atoms with Gasteiger partial charge in [-0.3, -0.25) is 14.4 Å². The molecule has 3 N–H and O–H groups in total. The van der Waals surface area contributed by atoms with Crippen LogP contribution in [0, 0.1) is 5.82 Å². The van der Waals surface area contributed by atoms with Crippen molar-refractivity contribution in [3.05, 3.63) is 180 Å². The topological polar surface area (TPSA) is 92.2 Å². The first-order valence-corrected chi connectivity index (χ1v) is 18.0. The van der Waals surface area contributed by atoms with Crippen LogP contribution in [0.3, 0.4) is 0 Å². The zero-order valence-electron chi connectivity index (χ0n) is 28.8. The summed E-state index contributed by atoms with van der Waals surface area (Å²) >= 11 is 1.39. The van der Waals surface area contributed by atoms with Crippen molar-refractivity contribution in [2.24, 2.45) is 0 Å². The molecule has 0 radical (unpaired) electrons. The second kappa shape index (κ2) is 15.8. The van der Waals surface area contributed by atoms with Gasteiger partial charge in [-0.05, 0) is 85.3 Å². The molecule has 262 valence electrons. The van der Waals surface area contributed by atoms with Gasteiger partial charge in [0, 0.05) is 55.7 Å². The molecule has 7 rings (SSSR count). The van der Waals surface area contributed by atoms with Crippen LogP contribution in [0.2, 0.25) is 0 Å². The number of aromatic nitrogens is 1. The lowest BCUT2D eigenvalue weighted by Gasteiger charge is -2.18. The van der Waals surface area contributed by atoms with E-state index in [2.05, 4.69) is 45.6 Å². The molecular weight excluding hydrogens is 684 g/mol. The number of thioether (sulfide) groups is 1. The Labute approximate surface area is 310 Å². The van der Waals surface area contributed by atoms with Gasteiger partial charge >= 0.3 is 0 Å². The number of hydrogen-bond acceptors (Lipinski definition) is 4. The summed E-state index contributed by atoms with van der Waals surface area (Å²) in [4.78, 5) is 41.3. The first-order valence-electron chi connectivity index (χ1n) is 17.2. The molecule has 0 spiro atoms. The first-order chi connectivity index (χ1) is 25.9. The van der Waals surface area contributed by atoms with Crippen molar-refractivity contribution in [3.63, 3.8) is 0 Å². The third-order valence-corrected chi connectivity index (χ3v) is 10.1. The summed E-state index contributed by atoms with van der Waals surface area (Å²) in [7, 11) is 0. The number of carbonyl (C=O) groups excluding carboxylic acids is 3. The minimum Gasteiger partial charge on any atom is -0.341 e. The SMILES string of the molecule is CCn1c2ccccc2c2cc(NC(=O)C(Sc3ccc(NC(=O)/C(=C/c4ccccc4F)NC(=O)c4ccccc4)cc3)c3ccccc3)ccc21. The van der Waals surface area contributed by atoms with Gasteiger partial charge in [-0.25, -0.2) is 4.39 Å². The van der Waals surface area contributed by atoms with Crippen LogP contribution in [0.4, 0.5) is 15.8 Å². The van der Waals surface area contributed by atoms with E-state index < -0.39 is 22.9 Å². The van der Waals surface area contributed by atoms with Gasteiger partial charge in [0.05, 0.1) is 0 Å². The molecule has 0 saturated heterocycles. The molecule has 7 nitrogen and oxygen atoms in total. The van der Waals surface area contributed by atoms with Crippen molar-refractivity contribution in [2.75, 3.05) is 10.6 Å². The maximum Gasteiger partial charge on any atom is 0.272 e. The highest BCUT2D eigenvalue weighted by molar-refractivity contribution is 8.00. The Morgan fingerprint density at radius 3 is 2.08 bits per heavy atom. The van der Waals surface area contributed by atoms with Crippen LogP contribution in [0.15, 0.2) is 162 Å². The fraction of sp³-hybridized carbons (Fsp3) is 0.0682. The Balaban J connectivity index is 1.10. The molecule has 0 saturated carbocycles. The highest BCUT2D eigenvalue weighted by Crippen LogP contribution is 2.38. The average Bonchev–Trinajstić information content (AvgIpc) is 3.51. The number of anilines is 2. The number of carbonyl (C=O) groups is 3. The van der Waals surface area contributed by atoms with E-state index in [0.717, 1.165) is 38.8 Å². The monoisotopic (exact) mass is 718 g/mol. The summed E-state index contributed by atoms with van der Waals surface area (Å²) in [6.45, 7) is 2.96. The van der Waals surface area contributed by atoms with E-state index >= 15 is 0 Å². The zero-order valence-corrected chi connectivity index (χ0v) is 29.6. The van der Waals surface area contributed by atoms with E-state index in [1.165, 1.54) is 30.0 Å². The van der Waals surface area contributed by atoms with Crippen molar-refractivity contribution < 1.29 is 18.8 Å². The number of rotatable bonds is 11. The lowest BCUT2D eigenvalue weighted by Crippen LogP contribution is -2.30. The molecule has 6 aromatic carbocycles. The van der Waals surface area contributed by atoms with E-state index in [0.29, 0.717) is 16.9 Å². The fourth-order valence-electron chi connectivity index (χ4n) is 6.22. The number of nitrogens with one attached hydrogen (secondary N) is 3. The van der Waals surface area contributed by atoms with Gasteiger partial charge < -0.3 is 20.5 Å². The Kier molecular flexibility index (Phi) is 10.5. The van der Waals surface area contributed by atoms with Gasteiger partial charge in [0.25, 0.3) is 11.8 Å². The number of aryl methyl sites for hydroxylation is 1. The molecule has 0 bridgehead atoms. The number of benzene rings is 6. The standard InChI is InChI=1S/C44H35FN4O3S/c1-2-49-39-20-12-10-18-35(39)36-28-33(23-26-40(36)49)47-44(52)41(29-13-5-3-6-14-29)53-34-24-21-32(22-25-34)46-43(51)38(27-31-17-9-11-19-37(31)45)48-42(50)30-15-7-4-8-16-30/h3-28,41H,2H2,1H3,(H,46,51)(H,47,52)(H,48,50)/b38-27-. The molecule has 0 aliphatic carbocycles. The van der Waals surface area contributed by atoms with Crippen LogP contribution < -0.4 is 16.0 Å². The van der Waals surface area contributed by atoms with E-state index in [-0.39, 0.29) is 17.2 Å². The van der Waals surface area contributed by atoms with E-state index in [4.69, 9.17) is 0 Å². The lowest BCUT2D eigenvalue weighted by atomic mass is 10.1. The van der Waals surface area contributed by atoms with Crippen molar-refractivity contribution in [1.82, 2.24) is 9.88 Å². The predicted molar refractivity (Wildman–Crippen MR) is 212 cm³/mol. The summed E-state index contributed by atoms with van der Waals surface area (Å²) in [6.07, 6.45) is 1.30. The largest absolute Gasteiger partial charge is 0.341 e. The Morgan fingerprint density at radius 1 is 0.698 bits per heavy atom. The van der Waals surface area contributed by atoms with Gasteiger partial charge in [-0.1, -0.05) is 84.9 Å². The molecule has 0 fully saturated rings. The molecule has 3 amide bonds. The third kappa shape index (κ3) is 7.90. The molecule has 1 atom stereocenters. The molecule has 0 aliphatic rings. The zero-order chi connectivity index (χ0) is 36.7. The van der Waals surface area contributed by atoms with E-state index in [9.17, 15) is 18.8 Å². The van der Waals surface area contributed by atoms with Crippen LogP contribution >= 0.6 is 11.8 Å². The highest BCUT2D eigenvalue weighted by Gasteiger charge is 2.23. The Morgan fingerprint density at radius 2 is 1.34 bits per heavy atom. The summed E-state index contributed by atoms with van der Waals surface area (Å²) in [5.41, 5.74) is 4.64. The minimum absolute atomic E-state index is 0.124. The minimum atomic E-state index is -0.626. The van der Waals surface area contributed by atoms with Crippen LogP contribution in [0.5, 0.6) is 0 Å². The molecule has 53 heavy (non-hydrogen) atoms. The highest BCUT2D eigenvalue weighted by atomic mass is 32.2. The molecule has 7 aromatic rings. The summed E-state index contributed by atoms with van der Waals surface area (Å²) in [5.74, 6) is -1.84. The first kappa shape index (κ1) is 35.0. The maximum absolute atomic E-state index is 14.6. The summed E-state index contributed by atoms with van der Waals surface area (Å²) in [6, 6.07) is 45.4. The van der Waals surface area contributed by atoms with Crippen molar-refractivity contribution in [1.29, 1.82) is 0 Å². The molecule has 1 aromatic heterocycles. The number of fused-ring (bicyclic) bond motifs is 3. The Bertz CT molecular complexity index is 2460. The van der Waals surface area contributed by atoms with Gasteiger partial charge in [0.2, 0.25) is 5.91 Å². The maximum atomic E-state index is 14.6. The summed E-state index contributed by atoms with van der Waals surface area (Å²) in [5, 5.41) is 10.2. The number of hydrogen-bond donors (Lipinski definition) is 3. The average molecular weight is 719 g/mol. The molecule has 1 unspecified atom stereocenters. The summed E-state index contributed by atoms with van der Waals surface area (Å²) < 4.78 is 16.8. The number of amides is 3. The lowest BCUT2D eigenvalue weighted by molar-refractivity contribution is -0.116. The van der Waals surface area contributed by atoms with Gasteiger partial charge in [0.1, 0.15) is 16.8 Å². The third-order valence-electron chi connectivity index (χ3n) is 8.80. The molecule has 1 heterocycles. The second-order valence-corrected chi connectivity index (χ2v) is 13.4. The van der Waals surface area contributed by atoms with Gasteiger partial charge in [-0.15, -0.1) is 11.8 Å². The molecule has 0 aliphatic heterocycles. The number of nitrogens with zero attached hydrogens (tertiary/aromatic N) is 1. The van der Waals surface area contributed by atoms with Gasteiger partial charge in [-0.2, -0.15) is 0 Å². The fourth-order valence-corrected chi connectivity index (χ4v) is 7.25. The van der Waals surface area contributed by atoms with E-state index in [1.807, 2.05) is 66.7 Å². The molecule has 9 heteroatoms. The molecular formula is C44H35FN4O3S. The van der Waals surface area contributed by atoms with Crippen molar-refractivity contribution in [3.8, 4) is 0 Å². The van der Waals surface area contributed by atoms with Crippen LogP contribution in [-0.2, 0) is 16.1 Å². The van der Waals surface area contributed by atoms with E-state index in [1.54, 1.807) is 54.6 Å². The number of para-hydroxylation sites is 1.